The number of aromatic amines is 1. The highest BCUT2D eigenvalue weighted by molar-refractivity contribution is 5.78. The molecule has 0 amide bonds. The number of pyridine rings is 1. The lowest BCUT2D eigenvalue weighted by Crippen LogP contribution is -1.98. The van der Waals surface area contributed by atoms with Crippen molar-refractivity contribution in [3.05, 3.63) is 23.5 Å². The molecule has 0 radical (unpaired) electrons. The average molecular weight is 188 g/mol. The molecule has 0 aromatic carbocycles. The Morgan fingerprint density at radius 1 is 1.43 bits per heavy atom. The zero-order chi connectivity index (χ0) is 9.54. The molecule has 14 heavy (non-hydrogen) atoms. The van der Waals surface area contributed by atoms with Crippen molar-refractivity contribution in [1.82, 2.24) is 15.2 Å². The van der Waals surface area contributed by atoms with Gasteiger partial charge in [0.25, 0.3) is 0 Å². The van der Waals surface area contributed by atoms with E-state index in [1.165, 1.54) is 18.5 Å². The molecule has 0 atom stereocenters. The van der Waals surface area contributed by atoms with Gasteiger partial charge in [-0.3, -0.25) is 5.10 Å². The number of hydrogen-bond donors (Lipinski definition) is 2. The van der Waals surface area contributed by atoms with Gasteiger partial charge in [-0.2, -0.15) is 5.10 Å². The topological polar surface area (TPSA) is 67.6 Å². The third kappa shape index (κ3) is 1.11. The molecule has 4 nitrogen and oxygen atoms in total. The van der Waals surface area contributed by atoms with Crippen molar-refractivity contribution in [3.63, 3.8) is 0 Å². The van der Waals surface area contributed by atoms with E-state index in [0.717, 1.165) is 16.7 Å². The van der Waals surface area contributed by atoms with Crippen LogP contribution in [0.3, 0.4) is 0 Å². The quantitative estimate of drug-likeness (QED) is 0.746. The van der Waals surface area contributed by atoms with Crippen LogP contribution in [0, 0.1) is 0 Å². The van der Waals surface area contributed by atoms with Gasteiger partial charge in [0.2, 0.25) is 0 Å². The van der Waals surface area contributed by atoms with Crippen LogP contribution in [0.2, 0.25) is 0 Å². The Bertz CT molecular complexity index is 470. The molecule has 0 saturated heterocycles. The standard InChI is InChI=1S/C10H12N4/c11-5-7-3-4-8-9(6-1-2-6)13-14-10(8)12-7/h3-4,6H,1-2,5,11H2,(H,12,13,14). The number of hydrogen-bond acceptors (Lipinski definition) is 3. The van der Waals surface area contributed by atoms with E-state index in [9.17, 15) is 0 Å². The largest absolute Gasteiger partial charge is 0.325 e. The van der Waals surface area contributed by atoms with E-state index in [-0.39, 0.29) is 0 Å². The van der Waals surface area contributed by atoms with Crippen molar-refractivity contribution in [3.8, 4) is 0 Å². The van der Waals surface area contributed by atoms with Gasteiger partial charge >= 0.3 is 0 Å². The SMILES string of the molecule is NCc1ccc2c(C3CC3)[nH]nc2n1. The van der Waals surface area contributed by atoms with Gasteiger partial charge in [-0.1, -0.05) is 0 Å². The van der Waals surface area contributed by atoms with Gasteiger partial charge in [-0.15, -0.1) is 0 Å². The van der Waals surface area contributed by atoms with Gasteiger partial charge in [-0.25, -0.2) is 4.98 Å². The van der Waals surface area contributed by atoms with Crippen LogP contribution in [0.1, 0.15) is 30.1 Å². The first kappa shape index (κ1) is 7.94. The van der Waals surface area contributed by atoms with Crippen LogP contribution in [0.25, 0.3) is 11.0 Å². The summed E-state index contributed by atoms with van der Waals surface area (Å²) in [6.07, 6.45) is 2.55. The number of nitrogens with two attached hydrogens (primary N) is 1. The fraction of sp³-hybridized carbons (Fsp3) is 0.400. The number of nitrogens with zero attached hydrogens (tertiary/aromatic N) is 2. The lowest BCUT2D eigenvalue weighted by molar-refractivity contribution is 0.964. The van der Waals surface area contributed by atoms with Crippen molar-refractivity contribution < 1.29 is 0 Å². The second-order valence-corrected chi connectivity index (χ2v) is 3.79. The second-order valence-electron chi connectivity index (χ2n) is 3.79. The highest BCUT2D eigenvalue weighted by Crippen LogP contribution is 2.41. The number of fused-ring (bicyclic) bond motifs is 1. The molecule has 2 aromatic heterocycles. The maximum Gasteiger partial charge on any atom is 0.181 e. The maximum absolute atomic E-state index is 5.52. The van der Waals surface area contributed by atoms with E-state index in [4.69, 9.17) is 5.73 Å². The first-order chi connectivity index (χ1) is 6.88. The van der Waals surface area contributed by atoms with Crippen LogP contribution in [0.4, 0.5) is 0 Å². The summed E-state index contributed by atoms with van der Waals surface area (Å²) in [5.41, 5.74) is 8.46. The minimum atomic E-state index is 0.474. The van der Waals surface area contributed by atoms with Crippen LogP contribution in [0.15, 0.2) is 12.1 Å². The van der Waals surface area contributed by atoms with Crippen LogP contribution in [-0.4, -0.2) is 15.2 Å². The lowest BCUT2D eigenvalue weighted by Gasteiger charge is -1.95. The molecule has 72 valence electrons. The van der Waals surface area contributed by atoms with Crippen LogP contribution in [-0.2, 0) is 6.54 Å². The van der Waals surface area contributed by atoms with Gasteiger partial charge in [0, 0.05) is 23.5 Å². The number of H-pyrrole nitrogens is 1. The van der Waals surface area contributed by atoms with Gasteiger partial charge in [0.1, 0.15) is 0 Å². The normalized spacial score (nSPS) is 16.4. The Morgan fingerprint density at radius 3 is 3.00 bits per heavy atom. The Labute approximate surface area is 81.5 Å². The Hall–Kier alpha value is -1.42. The van der Waals surface area contributed by atoms with E-state index in [1.54, 1.807) is 0 Å². The minimum Gasteiger partial charge on any atom is -0.325 e. The molecule has 0 unspecified atom stereocenters. The smallest absolute Gasteiger partial charge is 0.181 e. The predicted octanol–water partition coefficient (Wildman–Crippen LogP) is 1.29. The highest BCUT2D eigenvalue weighted by Gasteiger charge is 2.27. The Morgan fingerprint density at radius 2 is 2.29 bits per heavy atom. The van der Waals surface area contributed by atoms with Crippen LogP contribution < -0.4 is 5.73 Å². The highest BCUT2D eigenvalue weighted by atomic mass is 15.2. The molecular formula is C10H12N4. The Kier molecular flexibility index (Phi) is 1.58. The fourth-order valence-corrected chi connectivity index (χ4v) is 1.75. The minimum absolute atomic E-state index is 0.474. The zero-order valence-corrected chi connectivity index (χ0v) is 7.83. The summed E-state index contributed by atoms with van der Waals surface area (Å²) in [7, 11) is 0. The van der Waals surface area contributed by atoms with Crippen molar-refractivity contribution in [2.75, 3.05) is 0 Å². The van der Waals surface area contributed by atoms with E-state index in [0.29, 0.717) is 12.5 Å². The summed E-state index contributed by atoms with van der Waals surface area (Å²) >= 11 is 0. The molecule has 1 saturated carbocycles. The summed E-state index contributed by atoms with van der Waals surface area (Å²) in [6.45, 7) is 0.474. The van der Waals surface area contributed by atoms with E-state index >= 15 is 0 Å². The van der Waals surface area contributed by atoms with Gasteiger partial charge in [0.05, 0.1) is 5.69 Å². The first-order valence-corrected chi connectivity index (χ1v) is 4.92. The molecule has 4 heteroatoms. The maximum atomic E-state index is 5.52. The second kappa shape index (κ2) is 2.78. The summed E-state index contributed by atoms with van der Waals surface area (Å²) in [4.78, 5) is 4.36. The van der Waals surface area contributed by atoms with Crippen molar-refractivity contribution in [1.29, 1.82) is 0 Å². The summed E-state index contributed by atoms with van der Waals surface area (Å²) in [5, 5.41) is 8.43. The molecule has 0 aliphatic heterocycles. The van der Waals surface area contributed by atoms with E-state index in [2.05, 4.69) is 21.2 Å². The molecule has 0 bridgehead atoms. The van der Waals surface area contributed by atoms with Gasteiger partial charge in [0.15, 0.2) is 5.65 Å². The van der Waals surface area contributed by atoms with Crippen molar-refractivity contribution in [2.24, 2.45) is 5.73 Å². The van der Waals surface area contributed by atoms with E-state index in [1.807, 2.05) is 6.07 Å². The molecular weight excluding hydrogens is 176 g/mol. The van der Waals surface area contributed by atoms with Crippen molar-refractivity contribution in [2.45, 2.75) is 25.3 Å². The van der Waals surface area contributed by atoms with Gasteiger partial charge in [-0.05, 0) is 25.0 Å². The molecule has 1 fully saturated rings. The van der Waals surface area contributed by atoms with Crippen LogP contribution in [0.5, 0.6) is 0 Å². The van der Waals surface area contributed by atoms with E-state index < -0.39 is 0 Å². The number of rotatable bonds is 2. The molecule has 0 spiro atoms. The Balaban J connectivity index is 2.17. The predicted molar refractivity (Wildman–Crippen MR) is 53.8 cm³/mol. The summed E-state index contributed by atoms with van der Waals surface area (Å²) in [6, 6.07) is 4.05. The molecule has 2 aromatic rings. The lowest BCUT2D eigenvalue weighted by atomic mass is 10.2. The summed E-state index contributed by atoms with van der Waals surface area (Å²) < 4.78 is 0. The molecule has 3 rings (SSSR count). The van der Waals surface area contributed by atoms with Crippen LogP contribution >= 0.6 is 0 Å². The third-order valence-electron chi connectivity index (χ3n) is 2.70. The monoisotopic (exact) mass is 188 g/mol. The number of nitrogens with one attached hydrogen (secondary N) is 1. The molecule has 3 N–H and O–H groups in total. The first-order valence-electron chi connectivity index (χ1n) is 4.92. The zero-order valence-electron chi connectivity index (χ0n) is 7.83. The fourth-order valence-electron chi connectivity index (χ4n) is 1.75. The molecule has 2 heterocycles. The third-order valence-corrected chi connectivity index (χ3v) is 2.70. The molecule has 1 aliphatic rings. The number of aromatic nitrogens is 3. The van der Waals surface area contributed by atoms with Gasteiger partial charge < -0.3 is 5.73 Å². The van der Waals surface area contributed by atoms with Crippen molar-refractivity contribution >= 4 is 11.0 Å². The summed E-state index contributed by atoms with van der Waals surface area (Å²) in [5.74, 6) is 0.686. The average Bonchev–Trinajstić information content (AvgIpc) is 2.98. The molecule has 1 aliphatic carbocycles.